The van der Waals surface area contributed by atoms with Gasteiger partial charge in [-0.15, -0.1) is 0 Å². The fourth-order valence-corrected chi connectivity index (χ4v) is 1.89. The van der Waals surface area contributed by atoms with E-state index in [9.17, 15) is 4.39 Å². The van der Waals surface area contributed by atoms with Crippen LogP contribution in [0.2, 0.25) is 0 Å². The Hall–Kier alpha value is -0.570. The Morgan fingerprint density at radius 2 is 2.08 bits per heavy atom. The predicted octanol–water partition coefficient (Wildman–Crippen LogP) is 1.95. The minimum absolute atomic E-state index is 0.107. The number of halogens is 1. The average molecular weight is 170 g/mol. The molecule has 0 aromatic carbocycles. The Morgan fingerprint density at radius 3 is 3.00 bits per heavy atom. The van der Waals surface area contributed by atoms with E-state index in [4.69, 9.17) is 0 Å². The van der Waals surface area contributed by atoms with E-state index in [1.54, 1.807) is 0 Å². The molecule has 0 aromatic rings. The number of nitrogens with zero attached hydrogens (tertiary/aromatic N) is 1. The van der Waals surface area contributed by atoms with Crippen molar-refractivity contribution in [3.8, 4) is 0 Å². The van der Waals surface area contributed by atoms with E-state index in [2.05, 4.69) is 5.43 Å². The maximum Gasteiger partial charge on any atom is 0.120 e. The summed E-state index contributed by atoms with van der Waals surface area (Å²) in [5.41, 5.74) is 4.16. The summed E-state index contributed by atoms with van der Waals surface area (Å²) in [7, 11) is 0. The van der Waals surface area contributed by atoms with Gasteiger partial charge in [0.1, 0.15) is 5.83 Å². The number of rotatable bonds is 0. The first-order valence-electron chi connectivity index (χ1n) is 4.76. The van der Waals surface area contributed by atoms with Crippen molar-refractivity contribution in [2.45, 2.75) is 32.1 Å². The van der Waals surface area contributed by atoms with Crippen molar-refractivity contribution in [2.24, 2.45) is 0 Å². The third-order valence-electron chi connectivity index (χ3n) is 2.56. The molecule has 0 unspecified atom stereocenters. The van der Waals surface area contributed by atoms with Gasteiger partial charge in [-0.2, -0.15) is 0 Å². The molecule has 2 rings (SSSR count). The molecule has 68 valence electrons. The van der Waals surface area contributed by atoms with Crippen molar-refractivity contribution in [2.75, 3.05) is 13.1 Å². The first-order chi connectivity index (χ1) is 5.88. The van der Waals surface area contributed by atoms with Crippen LogP contribution in [0, 0.1) is 0 Å². The number of allylic oxidation sites excluding steroid dienone is 2. The lowest BCUT2D eigenvalue weighted by atomic mass is 10.1. The second-order valence-corrected chi connectivity index (χ2v) is 3.47. The molecule has 0 amide bonds. The molecule has 1 N–H and O–H groups in total. The van der Waals surface area contributed by atoms with Crippen molar-refractivity contribution in [3.05, 3.63) is 11.5 Å². The summed E-state index contributed by atoms with van der Waals surface area (Å²) in [6, 6.07) is 0. The monoisotopic (exact) mass is 170 g/mol. The van der Waals surface area contributed by atoms with Gasteiger partial charge < -0.3 is 5.01 Å². The van der Waals surface area contributed by atoms with Crippen LogP contribution in [0.5, 0.6) is 0 Å². The normalized spacial score (nSPS) is 25.2. The number of nitrogens with one attached hydrogen (secondary N) is 1. The first kappa shape index (κ1) is 8.05. The van der Waals surface area contributed by atoms with E-state index in [0.717, 1.165) is 44.5 Å². The summed E-state index contributed by atoms with van der Waals surface area (Å²) < 4.78 is 13.3. The molecule has 0 atom stereocenters. The van der Waals surface area contributed by atoms with Crippen LogP contribution in [-0.2, 0) is 0 Å². The highest BCUT2D eigenvalue weighted by Gasteiger charge is 2.21. The predicted molar refractivity (Wildman–Crippen MR) is 45.9 cm³/mol. The van der Waals surface area contributed by atoms with E-state index in [1.807, 2.05) is 5.01 Å². The van der Waals surface area contributed by atoms with Crippen LogP contribution >= 0.6 is 0 Å². The Labute approximate surface area is 72.4 Å². The lowest BCUT2D eigenvalue weighted by Gasteiger charge is -2.29. The summed E-state index contributed by atoms with van der Waals surface area (Å²) >= 11 is 0. The van der Waals surface area contributed by atoms with Gasteiger partial charge in [0.2, 0.25) is 0 Å². The van der Waals surface area contributed by atoms with Gasteiger partial charge in [0.05, 0.1) is 5.70 Å². The van der Waals surface area contributed by atoms with Crippen molar-refractivity contribution in [3.63, 3.8) is 0 Å². The second-order valence-electron chi connectivity index (χ2n) is 3.47. The van der Waals surface area contributed by atoms with Gasteiger partial charge in [0.25, 0.3) is 0 Å². The molecule has 1 saturated heterocycles. The van der Waals surface area contributed by atoms with Gasteiger partial charge in [0, 0.05) is 19.5 Å². The standard InChI is InChI=1S/C9H15FN2/c10-8-4-3-7-12-9(8)5-1-2-6-11-12/h11H,1-7H2. The van der Waals surface area contributed by atoms with Gasteiger partial charge in [-0.05, 0) is 25.7 Å². The fourth-order valence-electron chi connectivity index (χ4n) is 1.89. The molecule has 1 fully saturated rings. The number of fused-ring (bicyclic) bond motifs is 1. The molecular formula is C9H15FN2. The summed E-state index contributed by atoms with van der Waals surface area (Å²) in [5, 5.41) is 2.01. The van der Waals surface area contributed by atoms with E-state index in [0.29, 0.717) is 6.42 Å². The van der Waals surface area contributed by atoms with E-state index < -0.39 is 0 Å². The van der Waals surface area contributed by atoms with Crippen molar-refractivity contribution < 1.29 is 4.39 Å². The first-order valence-corrected chi connectivity index (χ1v) is 4.76. The van der Waals surface area contributed by atoms with Crippen LogP contribution in [0.4, 0.5) is 4.39 Å². The van der Waals surface area contributed by atoms with Crippen molar-refractivity contribution in [1.82, 2.24) is 10.4 Å². The quantitative estimate of drug-likeness (QED) is 0.597. The number of hydrazine groups is 1. The summed E-state index contributed by atoms with van der Waals surface area (Å²) in [6.07, 6.45) is 4.79. The zero-order valence-electron chi connectivity index (χ0n) is 7.27. The molecule has 3 heteroatoms. The maximum atomic E-state index is 13.3. The largest absolute Gasteiger partial charge is 0.310 e. The maximum absolute atomic E-state index is 13.3. The van der Waals surface area contributed by atoms with Crippen LogP contribution in [0.15, 0.2) is 11.5 Å². The Balaban J connectivity index is 2.17. The summed E-state index contributed by atoms with van der Waals surface area (Å²) in [4.78, 5) is 0. The molecule has 0 aromatic heterocycles. The van der Waals surface area contributed by atoms with Crippen LogP contribution < -0.4 is 5.43 Å². The highest BCUT2D eigenvalue weighted by atomic mass is 19.1. The molecular weight excluding hydrogens is 155 g/mol. The molecule has 0 spiro atoms. The highest BCUT2D eigenvalue weighted by molar-refractivity contribution is 5.10. The third kappa shape index (κ3) is 1.46. The zero-order valence-corrected chi connectivity index (χ0v) is 7.27. The lowest BCUT2D eigenvalue weighted by Crippen LogP contribution is -2.39. The van der Waals surface area contributed by atoms with E-state index in [1.165, 1.54) is 0 Å². The van der Waals surface area contributed by atoms with Gasteiger partial charge >= 0.3 is 0 Å². The molecule has 0 saturated carbocycles. The Kier molecular flexibility index (Phi) is 2.30. The molecule has 2 aliphatic rings. The number of hydrogen-bond acceptors (Lipinski definition) is 2. The smallest absolute Gasteiger partial charge is 0.120 e. The molecule has 0 radical (unpaired) electrons. The fraction of sp³-hybridized carbons (Fsp3) is 0.778. The average Bonchev–Trinajstić information content (AvgIpc) is 2.30. The van der Waals surface area contributed by atoms with Crippen LogP contribution in [0.3, 0.4) is 0 Å². The SMILES string of the molecule is FC1=C2CCCCNN2CCC1. The van der Waals surface area contributed by atoms with Gasteiger partial charge in [-0.1, -0.05) is 0 Å². The molecule has 12 heavy (non-hydrogen) atoms. The van der Waals surface area contributed by atoms with Gasteiger partial charge in [-0.3, -0.25) is 0 Å². The minimum Gasteiger partial charge on any atom is -0.310 e. The van der Waals surface area contributed by atoms with Gasteiger partial charge in [-0.25, -0.2) is 9.82 Å². The Morgan fingerprint density at radius 1 is 1.17 bits per heavy atom. The van der Waals surface area contributed by atoms with E-state index >= 15 is 0 Å². The van der Waals surface area contributed by atoms with Crippen molar-refractivity contribution >= 4 is 0 Å². The van der Waals surface area contributed by atoms with Crippen LogP contribution in [-0.4, -0.2) is 18.1 Å². The Bertz CT molecular complexity index is 201. The van der Waals surface area contributed by atoms with Crippen molar-refractivity contribution in [1.29, 1.82) is 0 Å². The van der Waals surface area contributed by atoms with Crippen LogP contribution in [0.25, 0.3) is 0 Å². The molecule has 2 aliphatic heterocycles. The third-order valence-corrected chi connectivity index (χ3v) is 2.56. The summed E-state index contributed by atoms with van der Waals surface area (Å²) in [5.74, 6) is 0.107. The minimum atomic E-state index is 0.107. The van der Waals surface area contributed by atoms with Crippen LogP contribution in [0.1, 0.15) is 32.1 Å². The second kappa shape index (κ2) is 3.44. The summed E-state index contributed by atoms with van der Waals surface area (Å²) in [6.45, 7) is 1.97. The topological polar surface area (TPSA) is 15.3 Å². The van der Waals surface area contributed by atoms with E-state index in [-0.39, 0.29) is 5.83 Å². The molecule has 0 aliphatic carbocycles. The molecule has 2 nitrogen and oxygen atoms in total. The lowest BCUT2D eigenvalue weighted by molar-refractivity contribution is 0.218. The molecule has 2 heterocycles. The zero-order chi connectivity index (χ0) is 8.39. The highest BCUT2D eigenvalue weighted by Crippen LogP contribution is 2.26. The number of hydrogen-bond donors (Lipinski definition) is 1. The van der Waals surface area contributed by atoms with Gasteiger partial charge in [0.15, 0.2) is 0 Å². The molecule has 0 bridgehead atoms.